The highest BCUT2D eigenvalue weighted by atomic mass is 32.2. The Balaban J connectivity index is 1.62. The average Bonchev–Trinajstić information content (AvgIpc) is 2.89. The van der Waals surface area contributed by atoms with Crippen molar-refractivity contribution in [3.63, 3.8) is 0 Å². The molecular formula is C32H32S3. The molecule has 0 spiro atoms. The Morgan fingerprint density at radius 2 is 1.14 bits per heavy atom. The van der Waals surface area contributed by atoms with Gasteiger partial charge in [-0.1, -0.05) is 103 Å². The van der Waals surface area contributed by atoms with Gasteiger partial charge in [0.2, 0.25) is 0 Å². The van der Waals surface area contributed by atoms with E-state index in [1.165, 1.54) is 25.2 Å². The number of hydrogen-bond donors (Lipinski definition) is 0. The molecule has 0 N–H and O–H groups in total. The van der Waals surface area contributed by atoms with Gasteiger partial charge in [-0.15, -0.1) is 23.5 Å². The van der Waals surface area contributed by atoms with Gasteiger partial charge in [0.05, 0.1) is 0 Å². The maximum Gasteiger partial charge on any atom is 0.0285 e. The van der Waals surface area contributed by atoms with Crippen LogP contribution in [-0.2, 0) is 6.42 Å². The van der Waals surface area contributed by atoms with E-state index in [2.05, 4.69) is 141 Å². The number of hydrogen-bond acceptors (Lipinski definition) is 3. The molecule has 0 nitrogen and oxygen atoms in total. The largest absolute Gasteiger partial charge is 0.121 e. The monoisotopic (exact) mass is 512 g/mol. The molecule has 0 aliphatic rings. The summed E-state index contributed by atoms with van der Waals surface area (Å²) in [7, 11) is 0. The summed E-state index contributed by atoms with van der Waals surface area (Å²) in [4.78, 5) is 5.37. The van der Waals surface area contributed by atoms with E-state index in [9.17, 15) is 0 Å². The molecule has 0 aliphatic carbocycles. The molecule has 1 atom stereocenters. The summed E-state index contributed by atoms with van der Waals surface area (Å²) < 4.78 is 0.0327. The predicted molar refractivity (Wildman–Crippen MR) is 158 cm³/mol. The highest BCUT2D eigenvalue weighted by molar-refractivity contribution is 8.04. The van der Waals surface area contributed by atoms with Crippen LogP contribution >= 0.6 is 35.3 Å². The first-order valence-corrected chi connectivity index (χ1v) is 14.5. The zero-order chi connectivity index (χ0) is 24.3. The van der Waals surface area contributed by atoms with Crippen molar-refractivity contribution in [3.05, 3.63) is 138 Å². The first kappa shape index (κ1) is 25.8. The van der Waals surface area contributed by atoms with Gasteiger partial charge in [0, 0.05) is 24.7 Å². The molecule has 0 saturated heterocycles. The lowest BCUT2D eigenvalue weighted by Crippen LogP contribution is -2.30. The van der Waals surface area contributed by atoms with E-state index in [-0.39, 0.29) is 4.75 Å². The molecule has 0 radical (unpaired) electrons. The lowest BCUT2D eigenvalue weighted by molar-refractivity contribution is 0.662. The molecule has 4 aromatic carbocycles. The van der Waals surface area contributed by atoms with Gasteiger partial charge >= 0.3 is 0 Å². The topological polar surface area (TPSA) is 0 Å². The Labute approximate surface area is 223 Å². The molecule has 0 unspecified atom stereocenters. The van der Waals surface area contributed by atoms with Crippen LogP contribution in [0, 0.1) is 0 Å². The molecule has 0 bridgehead atoms. The summed E-state index contributed by atoms with van der Waals surface area (Å²) in [6.07, 6.45) is 4.40. The predicted octanol–water partition coefficient (Wildman–Crippen LogP) is 10.0. The van der Waals surface area contributed by atoms with E-state index in [0.29, 0.717) is 5.25 Å². The van der Waals surface area contributed by atoms with E-state index < -0.39 is 0 Å². The first-order valence-electron chi connectivity index (χ1n) is 12.0. The second-order valence-corrected chi connectivity index (χ2v) is 13.1. The van der Waals surface area contributed by atoms with E-state index in [1.807, 2.05) is 35.3 Å². The number of allylic oxidation sites excluding steroid dienone is 2. The SMILES string of the molecule is CC(C)(Sc1ccccc1)[C@H](C/C(=C\Cc1ccccc1)Sc1ccccc1)Sc1ccccc1. The standard InChI is InChI=1S/C32H32S3/c1-32(2,35-29-21-13-6-14-22-29)31(34-28-19-11-5-12-20-28)25-30(33-27-17-9-4-10-18-27)24-23-26-15-7-3-8-16-26/h3-22,24,31H,23,25H2,1-2H3/b30-24+/t31-/m0/s1. The Kier molecular flexibility index (Phi) is 9.65. The summed E-state index contributed by atoms with van der Waals surface area (Å²) in [5.74, 6) is 0. The van der Waals surface area contributed by atoms with Gasteiger partial charge in [-0.25, -0.2) is 0 Å². The van der Waals surface area contributed by atoms with E-state index in [4.69, 9.17) is 0 Å². The van der Waals surface area contributed by atoms with Gasteiger partial charge in [0.15, 0.2) is 0 Å². The summed E-state index contributed by atoms with van der Waals surface area (Å²) in [5, 5.41) is 0.397. The Hall–Kier alpha value is -2.33. The van der Waals surface area contributed by atoms with Crippen LogP contribution in [0.2, 0.25) is 0 Å². The fraction of sp³-hybridized carbons (Fsp3) is 0.188. The summed E-state index contributed by atoms with van der Waals surface area (Å²) in [6, 6.07) is 43.2. The maximum absolute atomic E-state index is 2.44. The number of benzene rings is 4. The van der Waals surface area contributed by atoms with Crippen LogP contribution in [0.25, 0.3) is 0 Å². The molecule has 0 heterocycles. The third kappa shape index (κ3) is 8.38. The third-order valence-corrected chi connectivity index (χ3v) is 9.86. The highest BCUT2D eigenvalue weighted by Crippen LogP contribution is 2.46. The van der Waals surface area contributed by atoms with Crippen LogP contribution in [0.4, 0.5) is 0 Å². The lowest BCUT2D eigenvalue weighted by atomic mass is 10.0. The summed E-state index contributed by atoms with van der Waals surface area (Å²) in [5.41, 5.74) is 1.35. The van der Waals surface area contributed by atoms with Crippen LogP contribution in [0.5, 0.6) is 0 Å². The Morgan fingerprint density at radius 1 is 0.657 bits per heavy atom. The zero-order valence-corrected chi connectivity index (χ0v) is 22.8. The molecule has 0 amide bonds. The van der Waals surface area contributed by atoms with E-state index in [0.717, 1.165) is 12.8 Å². The summed E-state index contributed by atoms with van der Waals surface area (Å²) in [6.45, 7) is 4.79. The van der Waals surface area contributed by atoms with Gasteiger partial charge in [0.1, 0.15) is 0 Å². The van der Waals surface area contributed by atoms with E-state index >= 15 is 0 Å². The minimum atomic E-state index is 0.0327. The average molecular weight is 513 g/mol. The van der Waals surface area contributed by atoms with Crippen molar-refractivity contribution in [2.45, 2.75) is 51.4 Å². The van der Waals surface area contributed by atoms with Gasteiger partial charge in [-0.2, -0.15) is 0 Å². The molecule has 4 aromatic rings. The molecule has 0 aliphatic heterocycles. The molecule has 3 heteroatoms. The van der Waals surface area contributed by atoms with Crippen molar-refractivity contribution in [2.75, 3.05) is 0 Å². The molecule has 0 fully saturated rings. The van der Waals surface area contributed by atoms with Crippen molar-refractivity contribution in [1.29, 1.82) is 0 Å². The third-order valence-electron chi connectivity index (χ3n) is 5.71. The maximum atomic E-state index is 2.44. The Bertz CT molecular complexity index is 1170. The van der Waals surface area contributed by atoms with Crippen LogP contribution < -0.4 is 0 Å². The molecular weight excluding hydrogens is 481 g/mol. The smallest absolute Gasteiger partial charge is 0.0285 e. The van der Waals surface area contributed by atoms with Crippen molar-refractivity contribution < 1.29 is 0 Å². The zero-order valence-electron chi connectivity index (χ0n) is 20.3. The molecule has 4 rings (SSSR count). The van der Waals surface area contributed by atoms with Crippen LogP contribution in [0.3, 0.4) is 0 Å². The highest BCUT2D eigenvalue weighted by Gasteiger charge is 2.32. The second kappa shape index (κ2) is 13.1. The van der Waals surface area contributed by atoms with E-state index in [1.54, 1.807) is 0 Å². The number of rotatable bonds is 11. The molecule has 35 heavy (non-hydrogen) atoms. The van der Waals surface area contributed by atoms with Gasteiger partial charge in [0.25, 0.3) is 0 Å². The molecule has 0 aromatic heterocycles. The van der Waals surface area contributed by atoms with Crippen molar-refractivity contribution >= 4 is 35.3 Å². The fourth-order valence-electron chi connectivity index (χ4n) is 3.79. The minimum absolute atomic E-state index is 0.0327. The normalized spacial score (nSPS) is 12.9. The van der Waals surface area contributed by atoms with Crippen LogP contribution in [0.15, 0.2) is 147 Å². The summed E-state index contributed by atoms with van der Waals surface area (Å²) >= 11 is 5.89. The fourth-order valence-corrected chi connectivity index (χ4v) is 7.50. The second-order valence-electron chi connectivity index (χ2n) is 8.92. The van der Waals surface area contributed by atoms with Crippen LogP contribution in [-0.4, -0.2) is 10.00 Å². The van der Waals surface area contributed by atoms with Gasteiger partial charge in [-0.3, -0.25) is 0 Å². The molecule has 178 valence electrons. The quantitative estimate of drug-likeness (QED) is 0.183. The number of thioether (sulfide) groups is 3. The minimum Gasteiger partial charge on any atom is -0.121 e. The van der Waals surface area contributed by atoms with Crippen LogP contribution in [0.1, 0.15) is 25.8 Å². The van der Waals surface area contributed by atoms with Crippen molar-refractivity contribution in [2.24, 2.45) is 0 Å². The molecule has 0 saturated carbocycles. The van der Waals surface area contributed by atoms with Gasteiger partial charge in [-0.05, 0) is 73.6 Å². The lowest BCUT2D eigenvalue weighted by Gasteiger charge is -2.34. The Morgan fingerprint density at radius 3 is 1.71 bits per heavy atom. The first-order chi connectivity index (χ1) is 17.1. The van der Waals surface area contributed by atoms with Gasteiger partial charge < -0.3 is 0 Å². The van der Waals surface area contributed by atoms with Crippen molar-refractivity contribution in [1.82, 2.24) is 0 Å². The van der Waals surface area contributed by atoms with Crippen molar-refractivity contribution in [3.8, 4) is 0 Å².